The van der Waals surface area contributed by atoms with E-state index in [2.05, 4.69) is 20.9 Å². The quantitative estimate of drug-likeness (QED) is 0.909. The number of nitrogens with one attached hydrogen (secondary N) is 1. The molecule has 1 heterocycles. The van der Waals surface area contributed by atoms with Gasteiger partial charge in [0.25, 0.3) is 0 Å². The van der Waals surface area contributed by atoms with Gasteiger partial charge in [-0.1, -0.05) is 28.1 Å². The summed E-state index contributed by atoms with van der Waals surface area (Å²) in [6, 6.07) is 9.19. The summed E-state index contributed by atoms with van der Waals surface area (Å²) in [4.78, 5) is 14.6. The smallest absolute Gasteiger partial charge is 0.223 e. The number of ether oxygens (including phenoxy) is 1. The second-order valence-electron chi connectivity index (χ2n) is 3.81. The van der Waals surface area contributed by atoms with E-state index < -0.39 is 0 Å². The number of halogens is 1. The molecular formula is C13H13BrN2O2. The molecule has 0 aliphatic heterocycles. The van der Waals surface area contributed by atoms with E-state index in [1.165, 1.54) is 6.07 Å². The Morgan fingerprint density at radius 3 is 2.61 bits per heavy atom. The Labute approximate surface area is 113 Å². The minimum Gasteiger partial charge on any atom is -0.483 e. The number of H-pyrrole nitrogens is 1. The van der Waals surface area contributed by atoms with Gasteiger partial charge in [0.05, 0.1) is 0 Å². The minimum atomic E-state index is -0.161. The van der Waals surface area contributed by atoms with E-state index in [4.69, 9.17) is 10.5 Å². The Kier molecular flexibility index (Phi) is 4.17. The molecule has 0 saturated carbocycles. The van der Waals surface area contributed by atoms with Crippen molar-refractivity contribution in [2.24, 2.45) is 5.73 Å². The van der Waals surface area contributed by atoms with E-state index in [-0.39, 0.29) is 5.43 Å². The van der Waals surface area contributed by atoms with Crippen molar-refractivity contribution in [2.45, 2.75) is 13.2 Å². The van der Waals surface area contributed by atoms with E-state index in [1.807, 2.05) is 24.3 Å². The average molecular weight is 309 g/mol. The van der Waals surface area contributed by atoms with Gasteiger partial charge in [-0.3, -0.25) is 4.79 Å². The number of benzene rings is 1. The lowest BCUT2D eigenvalue weighted by atomic mass is 10.2. The van der Waals surface area contributed by atoms with Crippen LogP contribution in [0, 0.1) is 0 Å². The molecule has 0 bridgehead atoms. The van der Waals surface area contributed by atoms with Crippen LogP contribution >= 0.6 is 15.9 Å². The lowest BCUT2D eigenvalue weighted by Gasteiger charge is -2.06. The predicted molar refractivity (Wildman–Crippen MR) is 73.4 cm³/mol. The third-order valence-electron chi connectivity index (χ3n) is 2.46. The van der Waals surface area contributed by atoms with Gasteiger partial charge in [0.1, 0.15) is 6.61 Å². The number of nitrogens with two attached hydrogens (primary N) is 1. The van der Waals surface area contributed by atoms with Crippen molar-refractivity contribution in [1.29, 1.82) is 0 Å². The van der Waals surface area contributed by atoms with Gasteiger partial charge in [-0.05, 0) is 17.7 Å². The highest BCUT2D eigenvalue weighted by Gasteiger charge is 2.02. The Balaban J connectivity index is 2.06. The average Bonchev–Trinajstić information content (AvgIpc) is 2.39. The van der Waals surface area contributed by atoms with Crippen LogP contribution in [0.1, 0.15) is 11.3 Å². The lowest BCUT2D eigenvalue weighted by Crippen LogP contribution is -2.11. The molecule has 94 valence electrons. The van der Waals surface area contributed by atoms with Crippen LogP contribution in [-0.4, -0.2) is 4.98 Å². The Morgan fingerprint density at radius 2 is 2.00 bits per heavy atom. The fourth-order valence-corrected chi connectivity index (χ4v) is 1.74. The normalized spacial score (nSPS) is 10.3. The molecule has 0 aliphatic carbocycles. The van der Waals surface area contributed by atoms with E-state index >= 15 is 0 Å². The van der Waals surface area contributed by atoms with Gasteiger partial charge in [0.2, 0.25) is 5.43 Å². The summed E-state index contributed by atoms with van der Waals surface area (Å²) < 4.78 is 6.47. The standard InChI is InChI=1S/C13H13BrN2O2/c14-10-3-1-9(2-4-10)8-18-13-7-16-11(6-15)5-12(13)17/h1-5,7H,6,8,15H2,(H,16,17). The highest BCUT2D eigenvalue weighted by atomic mass is 79.9. The Hall–Kier alpha value is -1.59. The number of hydrogen-bond acceptors (Lipinski definition) is 3. The summed E-state index contributed by atoms with van der Waals surface area (Å²) in [6.45, 7) is 0.667. The molecule has 4 nitrogen and oxygen atoms in total. The van der Waals surface area contributed by atoms with Gasteiger partial charge in [0, 0.05) is 29.0 Å². The molecule has 0 aliphatic rings. The SMILES string of the molecule is NCc1cc(=O)c(OCc2ccc(Br)cc2)c[nH]1. The highest BCUT2D eigenvalue weighted by Crippen LogP contribution is 2.12. The van der Waals surface area contributed by atoms with E-state index in [1.54, 1.807) is 6.20 Å². The molecule has 5 heteroatoms. The summed E-state index contributed by atoms with van der Waals surface area (Å²) in [5, 5.41) is 0. The number of rotatable bonds is 4. The third kappa shape index (κ3) is 3.21. The van der Waals surface area contributed by atoms with Gasteiger partial charge in [-0.25, -0.2) is 0 Å². The molecule has 0 saturated heterocycles. The van der Waals surface area contributed by atoms with E-state index in [9.17, 15) is 4.79 Å². The second kappa shape index (κ2) is 5.84. The maximum absolute atomic E-state index is 11.7. The molecule has 2 aromatic rings. The monoisotopic (exact) mass is 308 g/mol. The zero-order chi connectivity index (χ0) is 13.0. The first-order valence-electron chi connectivity index (χ1n) is 5.48. The topological polar surface area (TPSA) is 68.1 Å². The molecule has 0 unspecified atom stereocenters. The van der Waals surface area contributed by atoms with Crippen LogP contribution in [0.4, 0.5) is 0 Å². The fraction of sp³-hybridized carbons (Fsp3) is 0.154. The molecule has 0 atom stereocenters. The van der Waals surface area contributed by atoms with Crippen molar-refractivity contribution in [3.05, 3.63) is 62.5 Å². The summed E-state index contributed by atoms with van der Waals surface area (Å²) >= 11 is 3.36. The number of aromatic nitrogens is 1. The van der Waals surface area contributed by atoms with Crippen LogP contribution in [0.25, 0.3) is 0 Å². The van der Waals surface area contributed by atoms with E-state index in [0.717, 1.165) is 10.0 Å². The van der Waals surface area contributed by atoms with Gasteiger partial charge < -0.3 is 15.5 Å². The lowest BCUT2D eigenvalue weighted by molar-refractivity contribution is 0.302. The van der Waals surface area contributed by atoms with Crippen molar-refractivity contribution in [1.82, 2.24) is 4.98 Å². The van der Waals surface area contributed by atoms with Crippen LogP contribution in [0.15, 0.2) is 45.8 Å². The van der Waals surface area contributed by atoms with Crippen molar-refractivity contribution in [3.8, 4) is 5.75 Å². The predicted octanol–water partition coefficient (Wildman–Crippen LogP) is 2.18. The van der Waals surface area contributed by atoms with Gasteiger partial charge >= 0.3 is 0 Å². The number of hydrogen-bond donors (Lipinski definition) is 2. The molecule has 1 aromatic carbocycles. The van der Waals surface area contributed by atoms with Crippen molar-refractivity contribution in [3.63, 3.8) is 0 Å². The number of aromatic amines is 1. The van der Waals surface area contributed by atoms with Crippen LogP contribution in [0.5, 0.6) is 5.75 Å². The molecule has 1 aromatic heterocycles. The van der Waals surface area contributed by atoms with E-state index in [0.29, 0.717) is 24.6 Å². The van der Waals surface area contributed by atoms with Gasteiger partial charge in [-0.15, -0.1) is 0 Å². The molecule has 2 rings (SSSR count). The third-order valence-corrected chi connectivity index (χ3v) is 2.99. The molecule has 0 fully saturated rings. The molecule has 0 spiro atoms. The largest absolute Gasteiger partial charge is 0.483 e. The van der Waals surface area contributed by atoms with Crippen LogP contribution in [0.3, 0.4) is 0 Å². The molecule has 18 heavy (non-hydrogen) atoms. The zero-order valence-electron chi connectivity index (χ0n) is 9.65. The molecule has 0 radical (unpaired) electrons. The minimum absolute atomic E-state index is 0.161. The fourth-order valence-electron chi connectivity index (χ4n) is 1.47. The molecule has 0 amide bonds. The van der Waals surface area contributed by atoms with Gasteiger partial charge in [-0.2, -0.15) is 0 Å². The summed E-state index contributed by atoms with van der Waals surface area (Å²) in [5.41, 5.74) is 6.96. The molecular weight excluding hydrogens is 296 g/mol. The van der Waals surface area contributed by atoms with Crippen molar-refractivity contribution in [2.75, 3.05) is 0 Å². The zero-order valence-corrected chi connectivity index (χ0v) is 11.2. The van der Waals surface area contributed by atoms with Gasteiger partial charge in [0.15, 0.2) is 5.75 Å². The van der Waals surface area contributed by atoms with Crippen molar-refractivity contribution >= 4 is 15.9 Å². The summed E-state index contributed by atoms with van der Waals surface area (Å²) in [7, 11) is 0. The maximum Gasteiger partial charge on any atom is 0.223 e. The first-order valence-corrected chi connectivity index (χ1v) is 6.27. The number of pyridine rings is 1. The first kappa shape index (κ1) is 12.9. The van der Waals surface area contributed by atoms with Crippen LogP contribution in [-0.2, 0) is 13.2 Å². The Bertz CT molecular complexity index is 578. The van der Waals surface area contributed by atoms with Crippen LogP contribution < -0.4 is 15.9 Å². The first-order chi connectivity index (χ1) is 8.69. The second-order valence-corrected chi connectivity index (χ2v) is 4.72. The highest BCUT2D eigenvalue weighted by molar-refractivity contribution is 9.10. The van der Waals surface area contributed by atoms with Crippen LogP contribution in [0.2, 0.25) is 0 Å². The molecule has 3 N–H and O–H groups in total. The summed E-state index contributed by atoms with van der Waals surface area (Å²) in [5.74, 6) is 0.301. The Morgan fingerprint density at radius 1 is 1.28 bits per heavy atom. The van der Waals surface area contributed by atoms with Crippen molar-refractivity contribution < 1.29 is 4.74 Å². The summed E-state index contributed by atoms with van der Waals surface area (Å²) in [6.07, 6.45) is 1.55. The maximum atomic E-state index is 11.7.